The van der Waals surface area contributed by atoms with E-state index in [2.05, 4.69) is 54.7 Å². The summed E-state index contributed by atoms with van der Waals surface area (Å²) >= 11 is 0. The molecule has 1 aliphatic rings. The fourth-order valence-corrected chi connectivity index (χ4v) is 3.89. The summed E-state index contributed by atoms with van der Waals surface area (Å²) < 4.78 is 3.53. The molecule has 3 aromatic rings. The molecule has 1 atom stereocenters. The molecule has 28 heavy (non-hydrogen) atoms. The monoisotopic (exact) mass is 379 g/mol. The van der Waals surface area contributed by atoms with Crippen molar-refractivity contribution in [1.29, 1.82) is 0 Å². The van der Waals surface area contributed by atoms with Crippen LogP contribution in [0.15, 0.2) is 24.9 Å². The van der Waals surface area contributed by atoms with Crippen molar-refractivity contribution in [1.82, 2.24) is 29.3 Å². The first-order chi connectivity index (χ1) is 13.3. The van der Waals surface area contributed by atoms with Crippen LogP contribution in [-0.2, 0) is 12.0 Å². The number of fused-ring (bicyclic) bond motifs is 1. The number of rotatable bonds is 4. The normalized spacial score (nSPS) is 18.2. The maximum atomic E-state index is 6.34. The van der Waals surface area contributed by atoms with Gasteiger partial charge in [0.25, 0.3) is 0 Å². The van der Waals surface area contributed by atoms with E-state index in [9.17, 15) is 0 Å². The van der Waals surface area contributed by atoms with Crippen LogP contribution in [0.25, 0.3) is 11.8 Å². The smallest absolute Gasteiger partial charge is 0.157 e. The topological polar surface area (TPSA) is 77.3 Å². The van der Waals surface area contributed by atoms with Gasteiger partial charge in [-0.25, -0.2) is 9.67 Å². The van der Waals surface area contributed by atoms with Gasteiger partial charge in [-0.15, -0.1) is 0 Å². The van der Waals surface area contributed by atoms with Gasteiger partial charge in [0.2, 0.25) is 0 Å². The predicted octanol–water partition coefficient (Wildman–Crippen LogP) is 3.55. The molecule has 7 nitrogen and oxygen atoms in total. The van der Waals surface area contributed by atoms with E-state index in [4.69, 9.17) is 10.7 Å². The number of anilines is 1. The molecule has 0 aromatic carbocycles. The Morgan fingerprint density at radius 1 is 1.29 bits per heavy atom. The lowest BCUT2D eigenvalue weighted by Gasteiger charge is -2.24. The molecule has 3 aromatic heterocycles. The van der Waals surface area contributed by atoms with E-state index in [0.717, 1.165) is 48.7 Å². The van der Waals surface area contributed by atoms with Gasteiger partial charge >= 0.3 is 0 Å². The second-order valence-electron chi connectivity index (χ2n) is 8.69. The molecule has 1 fully saturated rings. The van der Waals surface area contributed by atoms with Crippen molar-refractivity contribution in [3.05, 3.63) is 47.6 Å². The Morgan fingerprint density at radius 3 is 2.75 bits per heavy atom. The van der Waals surface area contributed by atoms with Crippen LogP contribution in [-0.4, -0.2) is 35.8 Å². The Balaban J connectivity index is 1.66. The zero-order valence-corrected chi connectivity index (χ0v) is 17.2. The zero-order valence-electron chi connectivity index (χ0n) is 17.2. The van der Waals surface area contributed by atoms with Gasteiger partial charge in [0.05, 0.1) is 23.1 Å². The minimum absolute atomic E-state index is 0.0392. The van der Waals surface area contributed by atoms with Gasteiger partial charge in [-0.3, -0.25) is 4.90 Å². The average molecular weight is 380 g/mol. The molecule has 0 saturated carbocycles. The molecule has 2 N–H and O–H groups in total. The lowest BCUT2D eigenvalue weighted by molar-refractivity contribution is 0.244. The van der Waals surface area contributed by atoms with Gasteiger partial charge in [-0.05, 0) is 26.3 Å². The number of hydrogen-bond donors (Lipinski definition) is 1. The van der Waals surface area contributed by atoms with Crippen LogP contribution >= 0.6 is 0 Å². The first-order valence-electron chi connectivity index (χ1n) is 9.84. The van der Waals surface area contributed by atoms with Crippen LogP contribution in [0.2, 0.25) is 0 Å². The molecule has 148 valence electrons. The highest BCUT2D eigenvalue weighted by atomic mass is 15.3. The molecule has 0 spiro atoms. The summed E-state index contributed by atoms with van der Waals surface area (Å²) in [6.45, 7) is 14.2. The fourth-order valence-electron chi connectivity index (χ4n) is 3.89. The lowest BCUT2D eigenvalue weighted by Crippen LogP contribution is -2.24. The van der Waals surface area contributed by atoms with E-state index in [1.54, 1.807) is 15.4 Å². The molecule has 0 radical (unpaired) electrons. The van der Waals surface area contributed by atoms with E-state index in [-0.39, 0.29) is 11.5 Å². The highest BCUT2D eigenvalue weighted by Gasteiger charge is 2.29. The molecule has 7 heteroatoms. The molecule has 1 aliphatic heterocycles. The van der Waals surface area contributed by atoms with Crippen LogP contribution in [0.5, 0.6) is 0 Å². The van der Waals surface area contributed by atoms with Crippen molar-refractivity contribution in [3.8, 4) is 0 Å². The Morgan fingerprint density at radius 2 is 2.07 bits per heavy atom. The van der Waals surface area contributed by atoms with Gasteiger partial charge in [0.15, 0.2) is 5.65 Å². The minimum Gasteiger partial charge on any atom is -0.384 e. The molecular formula is C21H29N7. The van der Waals surface area contributed by atoms with E-state index in [1.807, 2.05) is 13.0 Å². The molecule has 0 amide bonds. The first kappa shape index (κ1) is 18.7. The highest BCUT2D eigenvalue weighted by molar-refractivity contribution is 5.49. The minimum atomic E-state index is -0.0392. The third-order valence-corrected chi connectivity index (χ3v) is 5.53. The predicted molar refractivity (Wildman–Crippen MR) is 112 cm³/mol. The number of nitrogen functional groups attached to an aromatic ring is 1. The van der Waals surface area contributed by atoms with Crippen LogP contribution in [0.4, 0.5) is 5.82 Å². The summed E-state index contributed by atoms with van der Waals surface area (Å²) in [6, 6.07) is 4.29. The summed E-state index contributed by atoms with van der Waals surface area (Å²) in [7, 11) is 0. The number of likely N-dealkylation sites (tertiary alicyclic amines) is 1. The number of nitrogens with two attached hydrogens (primary N) is 1. The maximum Gasteiger partial charge on any atom is 0.157 e. The van der Waals surface area contributed by atoms with Crippen LogP contribution < -0.4 is 5.73 Å². The molecule has 0 aliphatic carbocycles. The number of aryl methyl sites for hydroxylation is 1. The number of nitrogens with zero attached hydrogens (tertiary/aromatic N) is 6. The van der Waals surface area contributed by atoms with Crippen molar-refractivity contribution in [2.75, 3.05) is 12.3 Å². The highest BCUT2D eigenvalue weighted by Crippen LogP contribution is 2.34. The SMILES string of the molecule is C=Cn1cc(CN2CCCC2c2cc(N)n3nc(C(C)(C)C)cc3n2)c(C)n1. The molecule has 0 bridgehead atoms. The maximum absolute atomic E-state index is 6.34. The van der Waals surface area contributed by atoms with Crippen LogP contribution in [0, 0.1) is 6.92 Å². The largest absolute Gasteiger partial charge is 0.384 e. The molecular weight excluding hydrogens is 350 g/mol. The van der Waals surface area contributed by atoms with Gasteiger partial charge < -0.3 is 5.73 Å². The van der Waals surface area contributed by atoms with E-state index < -0.39 is 0 Å². The molecule has 4 heterocycles. The lowest BCUT2D eigenvalue weighted by atomic mass is 9.93. The fraction of sp³-hybridized carbons (Fsp3) is 0.476. The summed E-state index contributed by atoms with van der Waals surface area (Å²) in [5.74, 6) is 0.637. The third kappa shape index (κ3) is 3.30. The van der Waals surface area contributed by atoms with Gasteiger partial charge in [0, 0.05) is 42.1 Å². The second-order valence-corrected chi connectivity index (χ2v) is 8.69. The number of aromatic nitrogens is 5. The van der Waals surface area contributed by atoms with Crippen molar-refractivity contribution in [3.63, 3.8) is 0 Å². The van der Waals surface area contributed by atoms with Crippen molar-refractivity contribution < 1.29 is 0 Å². The number of hydrogen-bond acceptors (Lipinski definition) is 5. The second kappa shape index (κ2) is 6.74. The summed E-state index contributed by atoms with van der Waals surface area (Å²) in [5.41, 5.74) is 11.4. The standard InChI is InChI=1S/C21H29N7/c1-6-27-13-15(14(2)24-27)12-26-9-7-8-17(26)16-10-19(22)28-20(23-16)11-18(25-28)21(3,4)5/h6,10-11,13,17H,1,7-9,12,22H2,2-5H3. The van der Waals surface area contributed by atoms with Crippen molar-refractivity contribution in [2.45, 2.75) is 58.5 Å². The van der Waals surface area contributed by atoms with E-state index in [1.165, 1.54) is 5.56 Å². The van der Waals surface area contributed by atoms with Gasteiger partial charge in [-0.1, -0.05) is 27.4 Å². The molecule has 4 rings (SSSR count). The Labute approximate surface area is 165 Å². The van der Waals surface area contributed by atoms with E-state index in [0.29, 0.717) is 5.82 Å². The Bertz CT molecular complexity index is 1020. The van der Waals surface area contributed by atoms with Crippen LogP contribution in [0.3, 0.4) is 0 Å². The third-order valence-electron chi connectivity index (χ3n) is 5.53. The Hall–Kier alpha value is -2.67. The molecule has 1 unspecified atom stereocenters. The Kier molecular flexibility index (Phi) is 4.50. The first-order valence-corrected chi connectivity index (χ1v) is 9.84. The van der Waals surface area contributed by atoms with Gasteiger partial charge in [-0.2, -0.15) is 14.7 Å². The summed E-state index contributed by atoms with van der Waals surface area (Å²) in [4.78, 5) is 7.40. The van der Waals surface area contributed by atoms with E-state index >= 15 is 0 Å². The van der Waals surface area contributed by atoms with Crippen molar-refractivity contribution >= 4 is 17.7 Å². The average Bonchev–Trinajstić information content (AvgIpc) is 3.33. The molecule has 1 saturated heterocycles. The quantitative estimate of drug-likeness (QED) is 0.750. The van der Waals surface area contributed by atoms with Crippen LogP contribution in [0.1, 0.15) is 62.3 Å². The van der Waals surface area contributed by atoms with Gasteiger partial charge in [0.1, 0.15) is 5.82 Å². The summed E-state index contributed by atoms with van der Waals surface area (Å²) in [5, 5.41) is 9.13. The summed E-state index contributed by atoms with van der Waals surface area (Å²) in [6.07, 6.45) is 6.01. The van der Waals surface area contributed by atoms with Crippen molar-refractivity contribution in [2.24, 2.45) is 0 Å². The zero-order chi connectivity index (χ0) is 20.1.